The van der Waals surface area contributed by atoms with Gasteiger partial charge in [0.25, 0.3) is 0 Å². The summed E-state index contributed by atoms with van der Waals surface area (Å²) in [6, 6.07) is 14.5. The third-order valence-corrected chi connectivity index (χ3v) is 3.84. The van der Waals surface area contributed by atoms with Crippen LogP contribution in [-0.4, -0.2) is 12.3 Å². The molecular formula is C20H13F5N2O2. The van der Waals surface area contributed by atoms with Crippen LogP contribution in [0.3, 0.4) is 0 Å². The summed E-state index contributed by atoms with van der Waals surface area (Å²) in [7, 11) is 0. The smallest absolute Gasteiger partial charge is 0.573 e. The van der Waals surface area contributed by atoms with Crippen molar-refractivity contribution in [1.82, 2.24) is 0 Å². The van der Waals surface area contributed by atoms with Gasteiger partial charge in [-0.15, -0.1) is 13.2 Å². The molecule has 0 amide bonds. The van der Waals surface area contributed by atoms with Crippen molar-refractivity contribution in [2.75, 3.05) is 0 Å². The van der Waals surface area contributed by atoms with Gasteiger partial charge in [-0.25, -0.2) is 0 Å². The Morgan fingerprint density at radius 3 is 1.83 bits per heavy atom. The minimum absolute atomic E-state index is 0.393. The number of rotatable bonds is 5. The Kier molecular flexibility index (Phi) is 5.49. The van der Waals surface area contributed by atoms with Crippen molar-refractivity contribution in [3.8, 4) is 16.9 Å². The Hall–Kier alpha value is -3.49. The lowest BCUT2D eigenvalue weighted by atomic mass is 10.0. The van der Waals surface area contributed by atoms with Crippen LogP contribution in [0.2, 0.25) is 0 Å². The minimum Gasteiger partial charge on any atom is -0.853 e. The first-order valence-electron chi connectivity index (χ1n) is 8.22. The molecule has 0 fully saturated rings. The maximum atomic E-state index is 14.4. The fourth-order valence-electron chi connectivity index (χ4n) is 2.47. The van der Waals surface area contributed by atoms with E-state index < -0.39 is 29.5 Å². The zero-order valence-electron chi connectivity index (χ0n) is 14.6. The van der Waals surface area contributed by atoms with Crippen LogP contribution in [0.15, 0.2) is 84.2 Å². The van der Waals surface area contributed by atoms with Crippen LogP contribution in [0, 0.1) is 0 Å². The average molecular weight is 408 g/mol. The van der Waals surface area contributed by atoms with E-state index in [1.165, 1.54) is 48.8 Å². The highest BCUT2D eigenvalue weighted by molar-refractivity contribution is 5.80. The first-order chi connectivity index (χ1) is 13.6. The van der Waals surface area contributed by atoms with E-state index in [-0.39, 0.29) is 0 Å². The lowest BCUT2D eigenvalue weighted by molar-refractivity contribution is -0.682. The molecule has 150 valence electrons. The second-order valence-electron chi connectivity index (χ2n) is 5.88. The maximum Gasteiger partial charge on any atom is 0.573 e. The van der Waals surface area contributed by atoms with E-state index in [0.717, 1.165) is 28.9 Å². The van der Waals surface area contributed by atoms with Gasteiger partial charge >= 0.3 is 12.3 Å². The molecule has 0 aliphatic heterocycles. The van der Waals surface area contributed by atoms with Crippen molar-refractivity contribution < 1.29 is 36.5 Å². The van der Waals surface area contributed by atoms with Gasteiger partial charge in [0.05, 0.1) is 0 Å². The number of benzene rings is 2. The topological polar surface area (TPSA) is 48.5 Å². The average Bonchev–Trinajstić information content (AvgIpc) is 2.68. The first-order valence-corrected chi connectivity index (χ1v) is 8.22. The van der Waals surface area contributed by atoms with Gasteiger partial charge in [0, 0.05) is 17.7 Å². The SMILES string of the molecule is [O-]C(=N[n+]1ccccc1)C(F)(F)c1ccc(-c2ccc(OC(F)(F)F)cc2)cc1. The third kappa shape index (κ3) is 5.07. The summed E-state index contributed by atoms with van der Waals surface area (Å²) < 4.78 is 70.1. The van der Waals surface area contributed by atoms with E-state index in [9.17, 15) is 27.1 Å². The number of aromatic nitrogens is 1. The second kappa shape index (κ2) is 7.86. The van der Waals surface area contributed by atoms with Crippen LogP contribution < -0.4 is 14.5 Å². The fourth-order valence-corrected chi connectivity index (χ4v) is 2.47. The molecule has 3 rings (SSSR count). The standard InChI is InChI=1S/C20H13F5N2O2/c21-19(22,18(28)26-27-12-2-1-3-13-27)16-8-4-14(5-9-16)15-6-10-17(11-7-15)29-20(23,24)25/h1-13H. The van der Waals surface area contributed by atoms with Gasteiger partial charge in [-0.1, -0.05) is 47.1 Å². The van der Waals surface area contributed by atoms with Crippen molar-refractivity contribution in [2.24, 2.45) is 5.10 Å². The molecule has 0 radical (unpaired) electrons. The Morgan fingerprint density at radius 1 is 0.793 bits per heavy atom. The summed E-state index contributed by atoms with van der Waals surface area (Å²) in [6.45, 7) is 0. The van der Waals surface area contributed by atoms with Gasteiger partial charge in [0.1, 0.15) is 11.6 Å². The molecule has 0 unspecified atom stereocenters. The van der Waals surface area contributed by atoms with Crippen molar-refractivity contribution >= 4 is 5.90 Å². The van der Waals surface area contributed by atoms with Gasteiger partial charge in [0.15, 0.2) is 0 Å². The number of nitrogens with zero attached hydrogens (tertiary/aromatic N) is 2. The molecule has 0 aliphatic carbocycles. The molecule has 4 nitrogen and oxygen atoms in total. The summed E-state index contributed by atoms with van der Waals surface area (Å²) in [6.07, 6.45) is -2.10. The van der Waals surface area contributed by atoms with E-state index in [2.05, 4.69) is 9.84 Å². The van der Waals surface area contributed by atoms with Crippen molar-refractivity contribution in [1.29, 1.82) is 0 Å². The van der Waals surface area contributed by atoms with Crippen LogP contribution in [0.5, 0.6) is 5.75 Å². The van der Waals surface area contributed by atoms with Crippen molar-refractivity contribution in [3.63, 3.8) is 0 Å². The number of ether oxygens (including phenoxy) is 1. The number of hydrogen-bond donors (Lipinski definition) is 0. The predicted molar refractivity (Wildman–Crippen MR) is 91.9 cm³/mol. The summed E-state index contributed by atoms with van der Waals surface area (Å²) in [5.41, 5.74) is 0.415. The molecule has 0 saturated heterocycles. The molecule has 0 spiro atoms. The van der Waals surface area contributed by atoms with Crippen LogP contribution >= 0.6 is 0 Å². The number of pyridine rings is 1. The van der Waals surface area contributed by atoms with Gasteiger partial charge in [-0.2, -0.15) is 8.78 Å². The molecule has 0 bridgehead atoms. The largest absolute Gasteiger partial charge is 0.853 e. The highest BCUT2D eigenvalue weighted by Crippen LogP contribution is 2.31. The summed E-state index contributed by atoms with van der Waals surface area (Å²) in [5.74, 6) is -5.86. The van der Waals surface area contributed by atoms with E-state index in [1.54, 1.807) is 6.07 Å². The summed E-state index contributed by atoms with van der Waals surface area (Å²) >= 11 is 0. The molecule has 0 N–H and O–H groups in total. The van der Waals surface area contributed by atoms with Crippen molar-refractivity contribution in [3.05, 3.63) is 84.7 Å². The Balaban J connectivity index is 1.79. The van der Waals surface area contributed by atoms with Crippen LogP contribution in [0.1, 0.15) is 5.56 Å². The molecular weight excluding hydrogens is 395 g/mol. The highest BCUT2D eigenvalue weighted by atomic mass is 19.4. The van der Waals surface area contributed by atoms with E-state index in [1.807, 2.05) is 0 Å². The third-order valence-electron chi connectivity index (χ3n) is 3.84. The number of hydrogen-bond acceptors (Lipinski definition) is 3. The Morgan fingerprint density at radius 2 is 1.31 bits per heavy atom. The van der Waals surface area contributed by atoms with Crippen LogP contribution in [0.4, 0.5) is 22.0 Å². The van der Waals surface area contributed by atoms with Crippen LogP contribution in [0.25, 0.3) is 11.1 Å². The number of alkyl halides is 5. The van der Waals surface area contributed by atoms with Crippen molar-refractivity contribution in [2.45, 2.75) is 12.3 Å². The van der Waals surface area contributed by atoms with Gasteiger partial charge in [0.2, 0.25) is 12.4 Å². The maximum absolute atomic E-state index is 14.4. The van der Waals surface area contributed by atoms with Crippen LogP contribution in [-0.2, 0) is 5.92 Å². The number of halogens is 5. The molecule has 9 heteroatoms. The van der Waals surface area contributed by atoms with E-state index in [0.29, 0.717) is 11.1 Å². The van der Waals surface area contributed by atoms with Gasteiger partial charge in [-0.3, -0.25) is 0 Å². The summed E-state index contributed by atoms with van der Waals surface area (Å²) in [4.78, 5) is 0. The lowest BCUT2D eigenvalue weighted by Gasteiger charge is -2.20. The highest BCUT2D eigenvalue weighted by Gasteiger charge is 2.34. The quantitative estimate of drug-likeness (QED) is 0.279. The molecule has 0 aliphatic rings. The predicted octanol–water partition coefficient (Wildman–Crippen LogP) is 3.85. The van der Waals surface area contributed by atoms with E-state index >= 15 is 0 Å². The molecule has 1 heterocycles. The molecule has 2 aromatic carbocycles. The van der Waals surface area contributed by atoms with Gasteiger partial charge < -0.3 is 9.84 Å². The fraction of sp³-hybridized carbons (Fsp3) is 0.100. The minimum atomic E-state index is -4.80. The zero-order valence-corrected chi connectivity index (χ0v) is 14.6. The lowest BCUT2D eigenvalue weighted by Crippen LogP contribution is -2.42. The molecule has 0 atom stereocenters. The zero-order chi connectivity index (χ0) is 21.1. The molecule has 1 aromatic heterocycles. The van der Waals surface area contributed by atoms with Gasteiger partial charge in [-0.05, 0) is 28.4 Å². The molecule has 29 heavy (non-hydrogen) atoms. The monoisotopic (exact) mass is 408 g/mol. The second-order valence-corrected chi connectivity index (χ2v) is 5.88. The van der Waals surface area contributed by atoms with E-state index in [4.69, 9.17) is 0 Å². The Bertz CT molecular complexity index is 986. The normalized spacial score (nSPS) is 12.7. The molecule has 0 saturated carbocycles. The first kappa shape index (κ1) is 20.2. The molecule has 3 aromatic rings. The Labute approximate surface area is 162 Å². The summed E-state index contributed by atoms with van der Waals surface area (Å²) in [5, 5.41) is 15.2.